The number of rotatable bonds is 5. The lowest BCUT2D eigenvalue weighted by molar-refractivity contribution is -0.00503. The highest BCUT2D eigenvalue weighted by molar-refractivity contribution is 5.80. The van der Waals surface area contributed by atoms with Crippen LogP contribution in [0.4, 0.5) is 5.69 Å². The average molecular weight is 374 g/mol. The normalized spacial score (nSPS) is 23.3. The molecule has 0 aliphatic carbocycles. The average Bonchev–Trinajstić information content (AvgIpc) is 2.72. The molecule has 1 atom stereocenters. The summed E-state index contributed by atoms with van der Waals surface area (Å²) in [5, 5.41) is 7.23. The van der Waals surface area contributed by atoms with Gasteiger partial charge in [-0.15, -0.1) is 0 Å². The van der Waals surface area contributed by atoms with E-state index in [2.05, 4.69) is 69.9 Å². The molecule has 0 saturated carbocycles. The monoisotopic (exact) mass is 373 g/mol. The molecule has 0 bridgehead atoms. The molecule has 3 rings (SSSR count). The van der Waals surface area contributed by atoms with Gasteiger partial charge < -0.3 is 25.2 Å². The summed E-state index contributed by atoms with van der Waals surface area (Å²) in [5.41, 5.74) is 1.44. The molecule has 0 spiro atoms. The first kappa shape index (κ1) is 20.0. The number of hydrogen-bond donors (Lipinski definition) is 2. The number of ether oxygens (including phenoxy) is 1. The molecule has 2 aliphatic rings. The lowest BCUT2D eigenvalue weighted by Gasteiger charge is -2.43. The highest BCUT2D eigenvalue weighted by atomic mass is 16.5. The molecule has 6 nitrogen and oxygen atoms in total. The lowest BCUT2D eigenvalue weighted by Crippen LogP contribution is -2.58. The van der Waals surface area contributed by atoms with Crippen LogP contribution < -0.4 is 15.5 Å². The highest BCUT2D eigenvalue weighted by Crippen LogP contribution is 2.25. The van der Waals surface area contributed by atoms with Crippen LogP contribution in [0.3, 0.4) is 0 Å². The van der Waals surface area contributed by atoms with E-state index in [0.717, 1.165) is 51.6 Å². The summed E-state index contributed by atoms with van der Waals surface area (Å²) in [6, 6.07) is 11.1. The van der Waals surface area contributed by atoms with Crippen LogP contribution in [0.1, 0.15) is 25.7 Å². The van der Waals surface area contributed by atoms with Gasteiger partial charge in [0, 0.05) is 57.2 Å². The van der Waals surface area contributed by atoms with Crippen molar-refractivity contribution in [2.75, 3.05) is 58.9 Å². The van der Waals surface area contributed by atoms with Crippen LogP contribution in [0, 0.1) is 0 Å². The number of nitrogens with one attached hydrogen (secondary N) is 2. The Hall–Kier alpha value is -1.79. The molecule has 0 amide bonds. The van der Waals surface area contributed by atoms with Crippen molar-refractivity contribution in [2.45, 2.75) is 37.3 Å². The summed E-state index contributed by atoms with van der Waals surface area (Å²) >= 11 is 0. The van der Waals surface area contributed by atoms with Gasteiger partial charge in [-0.05, 0) is 51.9 Å². The maximum atomic E-state index is 5.58. The summed E-state index contributed by atoms with van der Waals surface area (Å²) in [7, 11) is 6.20. The van der Waals surface area contributed by atoms with E-state index in [1.807, 2.05) is 7.05 Å². The van der Waals surface area contributed by atoms with E-state index in [-0.39, 0.29) is 5.54 Å². The summed E-state index contributed by atoms with van der Waals surface area (Å²) in [6.45, 7) is 4.69. The molecule has 6 heteroatoms. The SMILES string of the molecule is CN=C(NCC1(N(C)C)CCOCC1)NC1CCCN(c2ccccc2)C1. The van der Waals surface area contributed by atoms with Crippen LogP contribution in [0.15, 0.2) is 35.3 Å². The van der Waals surface area contributed by atoms with Gasteiger partial charge in [0.05, 0.1) is 0 Å². The van der Waals surface area contributed by atoms with Crippen molar-refractivity contribution in [3.8, 4) is 0 Å². The van der Waals surface area contributed by atoms with Crippen molar-refractivity contribution in [2.24, 2.45) is 4.99 Å². The highest BCUT2D eigenvalue weighted by Gasteiger charge is 2.35. The van der Waals surface area contributed by atoms with Crippen LogP contribution in [0.5, 0.6) is 0 Å². The van der Waals surface area contributed by atoms with Gasteiger partial charge in [0.1, 0.15) is 0 Å². The summed E-state index contributed by atoms with van der Waals surface area (Å²) < 4.78 is 5.58. The number of anilines is 1. The Bertz CT molecular complexity index is 598. The van der Waals surface area contributed by atoms with Gasteiger partial charge in [0.15, 0.2) is 5.96 Å². The summed E-state index contributed by atoms with van der Waals surface area (Å²) in [4.78, 5) is 9.29. The predicted molar refractivity (Wildman–Crippen MR) is 113 cm³/mol. The Morgan fingerprint density at radius 1 is 1.26 bits per heavy atom. The van der Waals surface area contributed by atoms with Crippen LogP contribution in [0.2, 0.25) is 0 Å². The van der Waals surface area contributed by atoms with E-state index in [4.69, 9.17) is 4.74 Å². The molecule has 2 fully saturated rings. The van der Waals surface area contributed by atoms with Gasteiger partial charge in [0.2, 0.25) is 0 Å². The zero-order valence-corrected chi connectivity index (χ0v) is 17.1. The van der Waals surface area contributed by atoms with E-state index < -0.39 is 0 Å². The number of aliphatic imine (C=N–C) groups is 1. The molecule has 1 unspecified atom stereocenters. The Balaban J connectivity index is 1.55. The number of likely N-dealkylation sites (N-methyl/N-ethyl adjacent to an activating group) is 1. The van der Waals surface area contributed by atoms with Crippen LogP contribution in [-0.4, -0.2) is 76.4 Å². The fourth-order valence-corrected chi connectivity index (χ4v) is 4.14. The second-order valence-electron chi connectivity index (χ2n) is 7.92. The van der Waals surface area contributed by atoms with Crippen molar-refractivity contribution in [3.05, 3.63) is 30.3 Å². The molecule has 27 heavy (non-hydrogen) atoms. The fraction of sp³-hybridized carbons (Fsp3) is 0.667. The number of nitrogens with zero attached hydrogens (tertiary/aromatic N) is 3. The van der Waals surface area contributed by atoms with Crippen LogP contribution in [0.25, 0.3) is 0 Å². The number of guanidine groups is 1. The molecule has 150 valence electrons. The Kier molecular flexibility index (Phi) is 6.96. The van der Waals surface area contributed by atoms with Gasteiger partial charge in [-0.1, -0.05) is 18.2 Å². The quantitative estimate of drug-likeness (QED) is 0.610. The number of benzene rings is 1. The molecule has 2 N–H and O–H groups in total. The smallest absolute Gasteiger partial charge is 0.191 e. The maximum Gasteiger partial charge on any atom is 0.191 e. The number of piperidine rings is 1. The second-order valence-corrected chi connectivity index (χ2v) is 7.92. The maximum absolute atomic E-state index is 5.58. The predicted octanol–water partition coefficient (Wildman–Crippen LogP) is 1.93. The van der Waals surface area contributed by atoms with E-state index in [1.54, 1.807) is 0 Å². The zero-order valence-electron chi connectivity index (χ0n) is 17.1. The summed E-state index contributed by atoms with van der Waals surface area (Å²) in [5.74, 6) is 0.905. The van der Waals surface area contributed by atoms with Gasteiger partial charge in [-0.2, -0.15) is 0 Å². The van der Waals surface area contributed by atoms with E-state index >= 15 is 0 Å². The van der Waals surface area contributed by atoms with Crippen LogP contribution in [-0.2, 0) is 4.74 Å². The third-order valence-corrected chi connectivity index (χ3v) is 6.06. The molecule has 1 aromatic carbocycles. The van der Waals surface area contributed by atoms with Gasteiger partial charge in [-0.25, -0.2) is 0 Å². The Morgan fingerprint density at radius 3 is 2.67 bits per heavy atom. The van der Waals surface area contributed by atoms with Gasteiger partial charge >= 0.3 is 0 Å². The first-order valence-electron chi connectivity index (χ1n) is 10.2. The standard InChI is InChI=1S/C21H35N5O/c1-22-20(23-17-21(25(2)3)11-14-27-15-12-21)24-18-8-7-13-26(16-18)19-9-5-4-6-10-19/h4-6,9-10,18H,7-8,11-17H2,1-3H3,(H2,22,23,24). The van der Waals surface area contributed by atoms with E-state index in [0.29, 0.717) is 6.04 Å². The third kappa shape index (κ3) is 5.14. The number of hydrogen-bond acceptors (Lipinski definition) is 4. The zero-order chi connectivity index (χ0) is 19.1. The van der Waals surface area contributed by atoms with E-state index in [9.17, 15) is 0 Å². The minimum Gasteiger partial charge on any atom is -0.381 e. The van der Waals surface area contributed by atoms with Crippen molar-refractivity contribution in [1.82, 2.24) is 15.5 Å². The largest absolute Gasteiger partial charge is 0.381 e. The lowest BCUT2D eigenvalue weighted by atomic mass is 9.88. The number of para-hydroxylation sites is 1. The van der Waals surface area contributed by atoms with Gasteiger partial charge in [0.25, 0.3) is 0 Å². The first-order chi connectivity index (χ1) is 13.1. The second kappa shape index (κ2) is 9.42. The molecule has 1 aromatic rings. The van der Waals surface area contributed by atoms with Crippen molar-refractivity contribution in [3.63, 3.8) is 0 Å². The van der Waals surface area contributed by atoms with Crippen molar-refractivity contribution >= 4 is 11.6 Å². The summed E-state index contributed by atoms with van der Waals surface area (Å²) in [6.07, 6.45) is 4.48. The first-order valence-corrected chi connectivity index (χ1v) is 10.2. The minimum atomic E-state index is 0.137. The fourth-order valence-electron chi connectivity index (χ4n) is 4.14. The molecule has 0 radical (unpaired) electrons. The Morgan fingerprint density at radius 2 is 2.00 bits per heavy atom. The van der Waals surface area contributed by atoms with Crippen LogP contribution >= 0.6 is 0 Å². The minimum absolute atomic E-state index is 0.137. The molecule has 2 heterocycles. The molecule has 2 aliphatic heterocycles. The molecule has 2 saturated heterocycles. The van der Waals surface area contributed by atoms with Crippen molar-refractivity contribution < 1.29 is 4.74 Å². The topological polar surface area (TPSA) is 52.1 Å². The molecular formula is C21H35N5O. The Labute approximate surface area is 164 Å². The van der Waals surface area contributed by atoms with Crippen molar-refractivity contribution in [1.29, 1.82) is 0 Å². The molecule has 0 aromatic heterocycles. The van der Waals surface area contributed by atoms with E-state index in [1.165, 1.54) is 18.5 Å². The molecular weight excluding hydrogens is 338 g/mol. The van der Waals surface area contributed by atoms with Gasteiger partial charge in [-0.3, -0.25) is 4.99 Å². The third-order valence-electron chi connectivity index (χ3n) is 6.06.